The second-order valence-corrected chi connectivity index (χ2v) is 23.5. The van der Waals surface area contributed by atoms with Crippen LogP contribution in [0.2, 0.25) is 0 Å². The maximum absolute atomic E-state index is 15.4. The number of fused-ring (bicyclic) bond motifs is 4. The summed E-state index contributed by atoms with van der Waals surface area (Å²) in [4.78, 5) is 30.1. The van der Waals surface area contributed by atoms with E-state index in [0.717, 1.165) is 80.2 Å². The summed E-state index contributed by atoms with van der Waals surface area (Å²) in [6.07, 6.45) is 9.71. The van der Waals surface area contributed by atoms with E-state index < -0.39 is 28.1 Å². The molecule has 63 heavy (non-hydrogen) atoms. The topological polar surface area (TPSA) is 157 Å². The molecule has 0 spiro atoms. The molecule has 2 saturated heterocycles. The zero-order chi connectivity index (χ0) is 45.1. The molecule has 9 heteroatoms. The molecule has 0 aromatic heterocycles. The minimum atomic E-state index is -0.863. The quantitative estimate of drug-likeness (QED) is 0.107. The van der Waals surface area contributed by atoms with Crippen LogP contribution in [0.4, 0.5) is 5.69 Å². The third kappa shape index (κ3) is 7.19. The van der Waals surface area contributed by atoms with Gasteiger partial charge < -0.3 is 36.4 Å². The molecule has 6 fully saturated rings. The number of nitrogens with two attached hydrogens (primary N) is 1. The molecular formula is C54H77N3O6. The van der Waals surface area contributed by atoms with E-state index in [0.29, 0.717) is 50.6 Å². The highest BCUT2D eigenvalue weighted by molar-refractivity contribution is 6.00. The smallest absolute Gasteiger partial charge is 0.159 e. The van der Waals surface area contributed by atoms with E-state index in [1.807, 2.05) is 32.2 Å². The number of ketones is 2. The van der Waals surface area contributed by atoms with Gasteiger partial charge in [0.15, 0.2) is 5.78 Å². The van der Waals surface area contributed by atoms with Crippen LogP contribution in [0.3, 0.4) is 0 Å². The molecule has 2 aromatic rings. The number of carbonyl (C=O) groups is 2. The molecule has 4 saturated carbocycles. The Balaban J connectivity index is 1.04. The van der Waals surface area contributed by atoms with E-state index in [2.05, 4.69) is 70.4 Å². The van der Waals surface area contributed by atoms with Crippen molar-refractivity contribution in [3.63, 3.8) is 0 Å². The number of hydrogen-bond acceptors (Lipinski definition) is 9. The van der Waals surface area contributed by atoms with Crippen LogP contribution >= 0.6 is 0 Å². The van der Waals surface area contributed by atoms with Crippen molar-refractivity contribution in [2.24, 2.45) is 45.3 Å². The Kier molecular flexibility index (Phi) is 11.3. The van der Waals surface area contributed by atoms with Crippen molar-refractivity contribution in [3.8, 4) is 5.75 Å². The first-order chi connectivity index (χ1) is 29.7. The third-order valence-electron chi connectivity index (χ3n) is 19.4. The number of epoxide rings is 1. The standard InChI is InChI=1S/C54H77N3O6/c1-31(21-42(59)48-54(7,63-48)39-16-12-15-37(39)33-13-11-14-35(55)24-33)45-40-17-18-44-51(4)26-38(34-22-32(29-56-8)23-36(58)25-34)47(61)50(3)20-10-9-19-49(2,62)30-57-41(46(50)51)27-53(44,6)52(40,5)28-43(45)60/h11,13-14,22-25,31,37-39,41-42,44,46,48,56-59,62H,9-10,12,15-21,26-30,55H2,1-8H3/t31-,37+,38-,39-,41+,42-,44-,46+,48-,49-,50-,51+,52+,53+,54-/m1/s1. The summed E-state index contributed by atoms with van der Waals surface area (Å²) in [7, 11) is 1.90. The van der Waals surface area contributed by atoms with E-state index in [-0.39, 0.29) is 64.0 Å². The average Bonchev–Trinajstić information content (AvgIpc) is 3.51. The van der Waals surface area contributed by atoms with E-state index in [1.54, 1.807) is 6.07 Å². The number of phenolic OH excluding ortho intramolecular Hbond substituents is 1. The Morgan fingerprint density at radius 2 is 1.71 bits per heavy atom. The third-order valence-corrected chi connectivity index (χ3v) is 19.4. The molecule has 2 heterocycles. The van der Waals surface area contributed by atoms with Crippen molar-refractivity contribution in [3.05, 3.63) is 70.3 Å². The summed E-state index contributed by atoms with van der Waals surface area (Å²) in [5, 5.41) is 41.8. The Morgan fingerprint density at radius 3 is 2.46 bits per heavy atom. The Hall–Kier alpha value is -3.08. The first kappa shape index (κ1) is 45.1. The Bertz CT molecular complexity index is 2170. The number of anilines is 1. The largest absolute Gasteiger partial charge is 0.508 e. The van der Waals surface area contributed by atoms with Gasteiger partial charge in [-0.25, -0.2) is 0 Å². The fraction of sp³-hybridized carbons (Fsp3) is 0.704. The molecule has 5 aliphatic carbocycles. The molecule has 9 rings (SSSR count). The van der Waals surface area contributed by atoms with Crippen molar-refractivity contribution < 1.29 is 29.6 Å². The van der Waals surface area contributed by atoms with Crippen LogP contribution in [0, 0.1) is 45.3 Å². The van der Waals surface area contributed by atoms with Crippen LogP contribution in [0.25, 0.3) is 0 Å². The van der Waals surface area contributed by atoms with Crippen molar-refractivity contribution >= 4 is 17.3 Å². The van der Waals surface area contributed by atoms with Gasteiger partial charge >= 0.3 is 0 Å². The first-order valence-corrected chi connectivity index (χ1v) is 24.6. The van der Waals surface area contributed by atoms with Gasteiger partial charge in [-0.2, -0.15) is 0 Å². The van der Waals surface area contributed by atoms with Gasteiger partial charge in [0.05, 0.1) is 17.3 Å². The summed E-state index contributed by atoms with van der Waals surface area (Å²) in [5.41, 5.74) is 9.49. The van der Waals surface area contributed by atoms with Crippen molar-refractivity contribution in [2.45, 2.75) is 180 Å². The minimum absolute atomic E-state index is 0.0363. The molecule has 2 aliphatic heterocycles. The molecule has 7 aliphatic rings. The predicted octanol–water partition coefficient (Wildman–Crippen LogP) is 8.89. The number of aromatic hydroxyl groups is 1. The number of aliphatic hydroxyl groups excluding tert-OH is 1. The maximum Gasteiger partial charge on any atom is 0.159 e. The molecule has 0 unspecified atom stereocenters. The molecule has 344 valence electrons. The van der Waals surface area contributed by atoms with Crippen LogP contribution in [0.15, 0.2) is 53.6 Å². The second kappa shape index (κ2) is 15.8. The average molecular weight is 864 g/mol. The van der Waals surface area contributed by atoms with Gasteiger partial charge in [-0.1, -0.05) is 77.7 Å². The fourth-order valence-corrected chi connectivity index (χ4v) is 16.5. The van der Waals surface area contributed by atoms with E-state index in [4.69, 9.17) is 10.5 Å². The van der Waals surface area contributed by atoms with Gasteiger partial charge in [-0.15, -0.1) is 0 Å². The number of nitrogens with one attached hydrogen (secondary N) is 2. The number of hydrogen-bond donors (Lipinski definition) is 6. The van der Waals surface area contributed by atoms with E-state index >= 15 is 4.79 Å². The highest BCUT2D eigenvalue weighted by atomic mass is 16.6. The number of aliphatic hydroxyl groups is 2. The van der Waals surface area contributed by atoms with Crippen molar-refractivity contribution in [1.29, 1.82) is 0 Å². The first-order valence-electron chi connectivity index (χ1n) is 24.6. The summed E-state index contributed by atoms with van der Waals surface area (Å²) in [5.74, 6) is 1.16. The van der Waals surface area contributed by atoms with Gasteiger partial charge in [0.2, 0.25) is 0 Å². The highest BCUT2D eigenvalue weighted by Gasteiger charge is 2.72. The summed E-state index contributed by atoms with van der Waals surface area (Å²) < 4.78 is 6.52. The lowest BCUT2D eigenvalue weighted by Crippen LogP contribution is -2.70. The zero-order valence-corrected chi connectivity index (χ0v) is 39.5. The van der Waals surface area contributed by atoms with Gasteiger partial charge in [0, 0.05) is 48.0 Å². The lowest BCUT2D eigenvalue weighted by atomic mass is 9.34. The molecule has 15 atom stereocenters. The van der Waals surface area contributed by atoms with Gasteiger partial charge in [0.1, 0.15) is 17.6 Å². The van der Waals surface area contributed by atoms with Crippen molar-refractivity contribution in [2.75, 3.05) is 19.3 Å². The van der Waals surface area contributed by atoms with Crippen LogP contribution in [0.5, 0.6) is 5.75 Å². The Labute approximate surface area is 376 Å². The van der Waals surface area contributed by atoms with Crippen LogP contribution in [0.1, 0.15) is 160 Å². The normalized spacial score (nSPS) is 43.5. The Morgan fingerprint density at radius 1 is 0.952 bits per heavy atom. The number of allylic oxidation sites excluding steroid dienone is 2. The number of Topliss-reactive ketones (excluding diaryl/α,β-unsaturated/α-hetero) is 2. The minimum Gasteiger partial charge on any atom is -0.508 e. The summed E-state index contributed by atoms with van der Waals surface area (Å²) >= 11 is 0. The molecule has 2 aromatic carbocycles. The lowest BCUT2D eigenvalue weighted by Gasteiger charge is -2.71. The van der Waals surface area contributed by atoms with Crippen LogP contribution in [-0.2, 0) is 20.9 Å². The number of nitrogen functional groups attached to an aromatic ring is 1. The van der Waals surface area contributed by atoms with E-state index in [9.17, 15) is 20.1 Å². The second-order valence-electron chi connectivity index (χ2n) is 23.5. The van der Waals surface area contributed by atoms with Gasteiger partial charge in [0.25, 0.3) is 0 Å². The summed E-state index contributed by atoms with van der Waals surface area (Å²) in [6, 6.07) is 14.0. The van der Waals surface area contributed by atoms with Crippen LogP contribution in [-0.4, -0.2) is 69.9 Å². The molecule has 7 N–H and O–H groups in total. The van der Waals surface area contributed by atoms with Crippen molar-refractivity contribution in [1.82, 2.24) is 10.6 Å². The predicted molar refractivity (Wildman–Crippen MR) is 248 cm³/mol. The van der Waals surface area contributed by atoms with E-state index in [1.165, 1.54) is 11.1 Å². The lowest BCUT2D eigenvalue weighted by molar-refractivity contribution is -0.198. The number of rotatable bonds is 9. The van der Waals surface area contributed by atoms with Gasteiger partial charge in [-0.3, -0.25) is 9.59 Å². The molecule has 0 amide bonds. The fourth-order valence-electron chi connectivity index (χ4n) is 16.5. The molecular weight excluding hydrogens is 787 g/mol. The maximum atomic E-state index is 15.4. The number of phenols is 1. The van der Waals surface area contributed by atoms with Gasteiger partial charge in [-0.05, 0) is 166 Å². The molecule has 9 nitrogen and oxygen atoms in total. The monoisotopic (exact) mass is 864 g/mol. The molecule has 0 bridgehead atoms. The zero-order valence-electron chi connectivity index (χ0n) is 39.5. The number of benzene rings is 2. The summed E-state index contributed by atoms with van der Waals surface area (Å²) in [6.45, 7) is 16.9. The highest BCUT2D eigenvalue weighted by Crippen LogP contribution is 2.75. The number of ether oxygens (including phenoxy) is 1. The SMILES string of the molecule is CNCc1cc(O)cc([C@H]2C[C@]3(C)[C@H]4[C@H](C[C@@]5(C)[C@@H]3CCC3=C([C@H](C)C[C@@H](O)[C@H]6O[C@]6(C)[C@@H]6CCC[C@H]6c6cccc(N)c6)C(=O)C[C@@]35C)NC[C@](C)(O)CCCC[C@@]4(C)C2=O)c1. The molecule has 0 radical (unpaired) electrons. The number of carbonyl (C=O) groups excluding carboxylic acids is 2. The van der Waals surface area contributed by atoms with Crippen LogP contribution < -0.4 is 16.4 Å². The number of β-amino-alcohol motifs (C(OH)–C–C–N with tert-alkyl or cyclic N) is 1.